The molecule has 0 aliphatic carbocycles. The second-order valence-electron chi connectivity index (χ2n) is 2.39. The van der Waals surface area contributed by atoms with Crippen LogP contribution >= 0.6 is 11.5 Å². The average molecular weight is 181 g/mol. The molecule has 0 fully saturated rings. The van der Waals surface area contributed by atoms with Crippen molar-refractivity contribution in [3.05, 3.63) is 23.8 Å². The monoisotopic (exact) mass is 181 g/mol. The smallest absolute Gasteiger partial charge is 0.106 e. The Morgan fingerprint density at radius 3 is 3.25 bits per heavy atom. The molecule has 1 aromatic heterocycles. The van der Waals surface area contributed by atoms with Crippen molar-refractivity contribution < 1.29 is 4.84 Å². The Labute approximate surface area is 73.1 Å². The average Bonchev–Trinajstić information content (AvgIpc) is 2.51. The van der Waals surface area contributed by atoms with E-state index in [2.05, 4.69) is 14.4 Å². The number of aromatic nitrogens is 2. The normalized spacial score (nSPS) is 10.8. The van der Waals surface area contributed by atoms with Crippen LogP contribution in [-0.4, -0.2) is 9.59 Å². The van der Waals surface area contributed by atoms with E-state index in [0.29, 0.717) is 6.61 Å². The van der Waals surface area contributed by atoms with E-state index in [1.807, 2.05) is 18.2 Å². The first-order valence-electron chi connectivity index (χ1n) is 3.43. The molecule has 0 amide bonds. The lowest BCUT2D eigenvalue weighted by molar-refractivity contribution is 0.124. The minimum absolute atomic E-state index is 0.410. The summed E-state index contributed by atoms with van der Waals surface area (Å²) in [7, 11) is 0. The van der Waals surface area contributed by atoms with Gasteiger partial charge in [-0.05, 0) is 29.2 Å². The molecule has 0 aliphatic rings. The van der Waals surface area contributed by atoms with E-state index in [9.17, 15) is 0 Å². The van der Waals surface area contributed by atoms with Gasteiger partial charge in [0.15, 0.2) is 0 Å². The van der Waals surface area contributed by atoms with E-state index in [1.54, 1.807) is 0 Å². The van der Waals surface area contributed by atoms with Crippen molar-refractivity contribution in [2.75, 3.05) is 0 Å². The van der Waals surface area contributed by atoms with Gasteiger partial charge in [0.05, 0.1) is 11.3 Å². The standard InChI is InChI=1S/C7H7N3OS/c8-11-4-5-1-2-7-6(3-5)9-10-12-7/h1-3H,4,8H2. The first-order chi connectivity index (χ1) is 5.90. The summed E-state index contributed by atoms with van der Waals surface area (Å²) >= 11 is 1.38. The summed E-state index contributed by atoms with van der Waals surface area (Å²) in [6.07, 6.45) is 0. The Morgan fingerprint density at radius 2 is 2.42 bits per heavy atom. The van der Waals surface area contributed by atoms with E-state index in [0.717, 1.165) is 15.8 Å². The fourth-order valence-electron chi connectivity index (χ4n) is 1.01. The Bertz CT molecular complexity index is 387. The molecule has 0 saturated heterocycles. The summed E-state index contributed by atoms with van der Waals surface area (Å²) in [6, 6.07) is 5.84. The summed E-state index contributed by atoms with van der Waals surface area (Å²) in [5.41, 5.74) is 1.91. The van der Waals surface area contributed by atoms with Crippen molar-refractivity contribution in [1.82, 2.24) is 9.59 Å². The lowest BCUT2D eigenvalue weighted by Crippen LogP contribution is -1.98. The van der Waals surface area contributed by atoms with Crippen molar-refractivity contribution in [2.45, 2.75) is 6.61 Å². The van der Waals surface area contributed by atoms with Crippen LogP contribution in [0.25, 0.3) is 10.2 Å². The predicted octanol–water partition coefficient (Wildman–Crippen LogP) is 1.08. The van der Waals surface area contributed by atoms with E-state index < -0.39 is 0 Å². The summed E-state index contributed by atoms with van der Waals surface area (Å²) in [4.78, 5) is 4.51. The third-order valence-electron chi connectivity index (χ3n) is 1.56. The van der Waals surface area contributed by atoms with Crippen LogP contribution in [0.5, 0.6) is 0 Å². The molecular formula is C7H7N3OS. The molecule has 2 N–H and O–H groups in total. The van der Waals surface area contributed by atoms with E-state index in [-0.39, 0.29) is 0 Å². The highest BCUT2D eigenvalue weighted by molar-refractivity contribution is 7.12. The van der Waals surface area contributed by atoms with E-state index in [4.69, 9.17) is 5.90 Å². The molecule has 0 spiro atoms. The third kappa shape index (κ3) is 1.29. The highest BCUT2D eigenvalue weighted by atomic mass is 32.1. The number of nitrogens with two attached hydrogens (primary N) is 1. The Balaban J connectivity index is 2.46. The first kappa shape index (κ1) is 7.60. The van der Waals surface area contributed by atoms with Crippen LogP contribution in [0.15, 0.2) is 18.2 Å². The van der Waals surface area contributed by atoms with Crippen molar-refractivity contribution in [1.29, 1.82) is 0 Å². The number of benzene rings is 1. The van der Waals surface area contributed by atoms with Gasteiger partial charge in [-0.15, -0.1) is 5.10 Å². The molecule has 1 heterocycles. The minimum atomic E-state index is 0.410. The zero-order chi connectivity index (χ0) is 8.39. The van der Waals surface area contributed by atoms with Gasteiger partial charge in [0.1, 0.15) is 5.52 Å². The van der Waals surface area contributed by atoms with Gasteiger partial charge in [-0.2, -0.15) is 0 Å². The molecule has 0 bridgehead atoms. The van der Waals surface area contributed by atoms with Crippen molar-refractivity contribution >= 4 is 21.7 Å². The molecule has 5 heteroatoms. The molecule has 12 heavy (non-hydrogen) atoms. The van der Waals surface area contributed by atoms with Crippen LogP contribution < -0.4 is 5.90 Å². The van der Waals surface area contributed by atoms with Crippen LogP contribution in [0.1, 0.15) is 5.56 Å². The van der Waals surface area contributed by atoms with Gasteiger partial charge >= 0.3 is 0 Å². The maximum atomic E-state index is 4.95. The Hall–Kier alpha value is -1.04. The van der Waals surface area contributed by atoms with Crippen molar-refractivity contribution in [3.63, 3.8) is 0 Å². The number of rotatable bonds is 2. The molecular weight excluding hydrogens is 174 g/mol. The van der Waals surface area contributed by atoms with Crippen LogP contribution in [-0.2, 0) is 11.4 Å². The van der Waals surface area contributed by atoms with Crippen LogP contribution in [0.2, 0.25) is 0 Å². The zero-order valence-corrected chi connectivity index (χ0v) is 7.04. The second kappa shape index (κ2) is 3.14. The van der Waals surface area contributed by atoms with Gasteiger partial charge < -0.3 is 0 Å². The van der Waals surface area contributed by atoms with Gasteiger partial charge in [-0.25, -0.2) is 5.90 Å². The molecule has 62 valence electrons. The van der Waals surface area contributed by atoms with Crippen LogP contribution in [0.3, 0.4) is 0 Å². The van der Waals surface area contributed by atoms with Gasteiger partial charge in [0.2, 0.25) is 0 Å². The lowest BCUT2D eigenvalue weighted by Gasteiger charge is -1.96. The molecule has 0 atom stereocenters. The maximum absolute atomic E-state index is 4.95. The van der Waals surface area contributed by atoms with Gasteiger partial charge in [0.25, 0.3) is 0 Å². The third-order valence-corrected chi connectivity index (χ3v) is 2.27. The van der Waals surface area contributed by atoms with E-state index >= 15 is 0 Å². The fourth-order valence-corrected chi connectivity index (χ4v) is 1.55. The topological polar surface area (TPSA) is 61.0 Å². The van der Waals surface area contributed by atoms with E-state index in [1.165, 1.54) is 11.5 Å². The van der Waals surface area contributed by atoms with Gasteiger partial charge in [-0.1, -0.05) is 10.6 Å². The molecule has 0 aliphatic heterocycles. The molecule has 0 radical (unpaired) electrons. The van der Waals surface area contributed by atoms with Crippen molar-refractivity contribution in [2.24, 2.45) is 5.90 Å². The largest absolute Gasteiger partial charge is 0.300 e. The molecule has 0 unspecified atom stereocenters. The minimum Gasteiger partial charge on any atom is -0.300 e. The zero-order valence-electron chi connectivity index (χ0n) is 6.23. The number of fused-ring (bicyclic) bond motifs is 1. The van der Waals surface area contributed by atoms with Crippen LogP contribution in [0, 0.1) is 0 Å². The van der Waals surface area contributed by atoms with Gasteiger partial charge in [0, 0.05) is 0 Å². The molecule has 4 nitrogen and oxygen atoms in total. The first-order valence-corrected chi connectivity index (χ1v) is 4.20. The number of hydrogen-bond acceptors (Lipinski definition) is 5. The highest BCUT2D eigenvalue weighted by Crippen LogP contribution is 2.16. The molecule has 1 aromatic carbocycles. The summed E-state index contributed by atoms with van der Waals surface area (Å²) in [6.45, 7) is 0.410. The Kier molecular flexibility index (Phi) is 1.99. The molecule has 2 aromatic rings. The molecule has 0 saturated carbocycles. The quantitative estimate of drug-likeness (QED) is 0.704. The Morgan fingerprint density at radius 1 is 1.50 bits per heavy atom. The summed E-state index contributed by atoms with van der Waals surface area (Å²) < 4.78 is 4.90. The second-order valence-corrected chi connectivity index (χ2v) is 3.17. The maximum Gasteiger partial charge on any atom is 0.106 e. The lowest BCUT2D eigenvalue weighted by atomic mass is 10.2. The summed E-state index contributed by atoms with van der Waals surface area (Å²) in [5, 5.41) is 3.93. The molecule has 2 rings (SSSR count). The number of nitrogens with zero attached hydrogens (tertiary/aromatic N) is 2. The summed E-state index contributed by atoms with van der Waals surface area (Å²) in [5.74, 6) is 4.95. The van der Waals surface area contributed by atoms with Crippen LogP contribution in [0.4, 0.5) is 0 Å². The number of hydrogen-bond donors (Lipinski definition) is 1. The van der Waals surface area contributed by atoms with Gasteiger partial charge in [-0.3, -0.25) is 4.84 Å². The predicted molar refractivity (Wildman–Crippen MR) is 46.4 cm³/mol. The fraction of sp³-hybridized carbons (Fsp3) is 0.143. The highest BCUT2D eigenvalue weighted by Gasteiger charge is 1.98. The van der Waals surface area contributed by atoms with Crippen molar-refractivity contribution in [3.8, 4) is 0 Å². The SMILES string of the molecule is NOCc1ccc2snnc2c1.